The fraction of sp³-hybridized carbons (Fsp3) is 0.194. The van der Waals surface area contributed by atoms with Crippen LogP contribution in [0.5, 0.6) is 5.75 Å². The Morgan fingerprint density at radius 2 is 1.69 bits per heavy atom. The average molecular weight is 643 g/mol. The first-order chi connectivity index (χ1) is 21.4. The molecule has 1 heterocycles. The Hall–Kier alpha value is -4.95. The molecule has 0 radical (unpaired) electrons. The van der Waals surface area contributed by atoms with Gasteiger partial charge in [-0.05, 0) is 64.2 Å². The van der Waals surface area contributed by atoms with Gasteiger partial charge in [-0.15, -0.1) is 0 Å². The maximum Gasteiger partial charge on any atom is 0.490 e. The van der Waals surface area contributed by atoms with E-state index in [1.165, 1.54) is 6.21 Å². The molecule has 0 unspecified atom stereocenters. The number of nitrogens with one attached hydrogen (secondary N) is 1. The molecule has 10 nitrogen and oxygen atoms in total. The van der Waals surface area contributed by atoms with Gasteiger partial charge in [0.1, 0.15) is 18.4 Å². The van der Waals surface area contributed by atoms with E-state index in [4.69, 9.17) is 20.5 Å². The Labute approximate surface area is 257 Å². The minimum absolute atomic E-state index is 0.102. The summed E-state index contributed by atoms with van der Waals surface area (Å²) in [4.78, 5) is 23.7. The first kappa shape index (κ1) is 33.0. The minimum Gasteiger partial charge on any atom is -0.489 e. The van der Waals surface area contributed by atoms with Gasteiger partial charge in [-0.2, -0.15) is 23.0 Å². The van der Waals surface area contributed by atoms with Crippen molar-refractivity contribution in [2.75, 3.05) is 6.54 Å². The van der Waals surface area contributed by atoms with Crippen LogP contribution in [0, 0.1) is 0 Å². The summed E-state index contributed by atoms with van der Waals surface area (Å²) in [5, 5.41) is 12.3. The second kappa shape index (κ2) is 14.2. The largest absolute Gasteiger partial charge is 0.490 e. The summed E-state index contributed by atoms with van der Waals surface area (Å²) in [5.74, 6) is 2.87. The zero-order valence-corrected chi connectivity index (χ0v) is 24.5. The molecule has 0 aliphatic carbocycles. The summed E-state index contributed by atoms with van der Waals surface area (Å²) in [7, 11) is -3.92. The van der Waals surface area contributed by atoms with E-state index in [1.54, 1.807) is 23.1 Å². The monoisotopic (exact) mass is 642 g/mol. The standard InChI is InChI=1S/C29H28N4O4S.C2HF3O2/c30-31-18-22-7-4-8-23(15-22)19-33-14-13-28(29(33)34)32-38(35,36)27-12-10-24-9-11-26(16-25(24)17-27)37-20-21-5-2-1-3-6-21;3-2(4,5)1(6)7/h1-12,15-18,28,32H,13-14,19-20,30H2;(H,6,7)/t28-;/m0./s1. The summed E-state index contributed by atoms with van der Waals surface area (Å²) in [6.07, 6.45) is -3.15. The van der Waals surface area contributed by atoms with Crippen LogP contribution in [0.2, 0.25) is 0 Å². The highest BCUT2D eigenvalue weighted by Crippen LogP contribution is 2.26. The predicted molar refractivity (Wildman–Crippen MR) is 161 cm³/mol. The van der Waals surface area contributed by atoms with Crippen molar-refractivity contribution >= 4 is 38.9 Å². The Morgan fingerprint density at radius 3 is 2.38 bits per heavy atom. The molecule has 1 fully saturated rings. The summed E-state index contributed by atoms with van der Waals surface area (Å²) >= 11 is 0. The van der Waals surface area contributed by atoms with Gasteiger partial charge in [0.15, 0.2) is 0 Å². The van der Waals surface area contributed by atoms with E-state index in [9.17, 15) is 26.4 Å². The van der Waals surface area contributed by atoms with Crippen molar-refractivity contribution in [2.24, 2.45) is 10.9 Å². The Balaban J connectivity index is 0.000000591. The van der Waals surface area contributed by atoms with Gasteiger partial charge in [0.2, 0.25) is 15.9 Å². The first-order valence-electron chi connectivity index (χ1n) is 13.5. The van der Waals surface area contributed by atoms with Crippen molar-refractivity contribution in [3.05, 3.63) is 108 Å². The lowest BCUT2D eigenvalue weighted by Gasteiger charge is -2.18. The molecule has 1 atom stereocenters. The highest BCUT2D eigenvalue weighted by molar-refractivity contribution is 7.89. The second-order valence-electron chi connectivity index (χ2n) is 9.99. The number of carboxylic acids is 1. The number of amides is 1. The molecule has 4 aromatic rings. The SMILES string of the molecule is NN=Cc1cccc(CN2CC[C@H](NS(=O)(=O)c3ccc4ccc(OCc5ccccc5)cc4c3)C2=O)c1.O=C(O)C(F)(F)F. The van der Waals surface area contributed by atoms with Crippen molar-refractivity contribution in [1.29, 1.82) is 0 Å². The molecule has 14 heteroatoms. The number of alkyl halides is 3. The van der Waals surface area contributed by atoms with Crippen LogP contribution in [0.1, 0.15) is 23.1 Å². The van der Waals surface area contributed by atoms with Gasteiger partial charge < -0.3 is 20.6 Å². The molecule has 1 aliphatic rings. The molecule has 0 saturated carbocycles. The number of ether oxygens (including phenoxy) is 1. The van der Waals surface area contributed by atoms with Crippen LogP contribution in [0.15, 0.2) is 101 Å². The molecule has 1 aliphatic heterocycles. The Bertz CT molecular complexity index is 1800. The molecular formula is C31H29F3N4O6S. The number of carbonyl (C=O) groups excluding carboxylic acids is 1. The molecule has 4 N–H and O–H groups in total. The van der Waals surface area contributed by atoms with E-state index in [2.05, 4.69) is 9.82 Å². The Morgan fingerprint density at radius 1 is 1.00 bits per heavy atom. The van der Waals surface area contributed by atoms with Crippen LogP contribution in [-0.4, -0.2) is 55.3 Å². The lowest BCUT2D eigenvalue weighted by Crippen LogP contribution is -2.41. The normalized spacial score (nSPS) is 15.2. The maximum absolute atomic E-state index is 13.2. The van der Waals surface area contributed by atoms with Crippen LogP contribution in [-0.2, 0) is 32.8 Å². The van der Waals surface area contributed by atoms with Crippen molar-refractivity contribution in [1.82, 2.24) is 9.62 Å². The summed E-state index contributed by atoms with van der Waals surface area (Å²) in [6.45, 7) is 1.25. The lowest BCUT2D eigenvalue weighted by atomic mass is 10.1. The number of hydrogen-bond acceptors (Lipinski definition) is 7. The van der Waals surface area contributed by atoms with Crippen molar-refractivity contribution < 1.29 is 41.0 Å². The number of sulfonamides is 1. The third-order valence-corrected chi connectivity index (χ3v) is 8.20. The molecule has 4 aromatic carbocycles. The van der Waals surface area contributed by atoms with Crippen LogP contribution in [0.25, 0.3) is 10.8 Å². The quantitative estimate of drug-likeness (QED) is 0.139. The second-order valence-corrected chi connectivity index (χ2v) is 11.7. The number of carboxylic acid groups (broad SMARTS) is 1. The highest BCUT2D eigenvalue weighted by atomic mass is 32.2. The smallest absolute Gasteiger partial charge is 0.489 e. The summed E-state index contributed by atoms with van der Waals surface area (Å²) < 4.78 is 66.7. The van der Waals surface area contributed by atoms with Crippen LogP contribution in [0.4, 0.5) is 13.2 Å². The third kappa shape index (κ3) is 9.03. The van der Waals surface area contributed by atoms with Crippen molar-refractivity contribution in [2.45, 2.75) is 36.7 Å². The number of hydrazone groups is 1. The van der Waals surface area contributed by atoms with Crippen LogP contribution < -0.4 is 15.3 Å². The van der Waals surface area contributed by atoms with Crippen molar-refractivity contribution in [3.8, 4) is 5.75 Å². The maximum atomic E-state index is 13.2. The van der Waals surface area contributed by atoms with E-state index < -0.39 is 28.2 Å². The molecule has 45 heavy (non-hydrogen) atoms. The van der Waals surface area contributed by atoms with Gasteiger partial charge in [-0.3, -0.25) is 4.79 Å². The topological polar surface area (TPSA) is 151 Å². The third-order valence-electron chi connectivity index (χ3n) is 6.73. The van der Waals surface area contributed by atoms with E-state index in [-0.39, 0.29) is 10.8 Å². The zero-order chi connectivity index (χ0) is 32.6. The number of rotatable bonds is 9. The summed E-state index contributed by atoms with van der Waals surface area (Å²) in [6, 6.07) is 27.0. The minimum atomic E-state index is -5.08. The number of hydrogen-bond donors (Lipinski definition) is 3. The molecular weight excluding hydrogens is 613 g/mol. The number of nitrogens with two attached hydrogens (primary N) is 1. The fourth-order valence-electron chi connectivity index (χ4n) is 4.54. The van der Waals surface area contributed by atoms with Gasteiger partial charge in [-0.1, -0.05) is 60.7 Å². The van der Waals surface area contributed by atoms with E-state index in [1.807, 2.05) is 72.8 Å². The van der Waals surface area contributed by atoms with Crippen LogP contribution in [0.3, 0.4) is 0 Å². The highest BCUT2D eigenvalue weighted by Gasteiger charge is 2.38. The van der Waals surface area contributed by atoms with Crippen LogP contribution >= 0.6 is 0 Å². The average Bonchev–Trinajstić information content (AvgIpc) is 3.33. The van der Waals surface area contributed by atoms with Crippen molar-refractivity contribution in [3.63, 3.8) is 0 Å². The number of benzene rings is 4. The van der Waals surface area contributed by atoms with E-state index >= 15 is 0 Å². The summed E-state index contributed by atoms with van der Waals surface area (Å²) in [5.41, 5.74) is 2.79. The number of nitrogens with zero attached hydrogens (tertiary/aromatic N) is 2. The van der Waals surface area contributed by atoms with Gasteiger partial charge in [0.05, 0.1) is 11.1 Å². The Kier molecular flexibility index (Phi) is 10.4. The zero-order valence-electron chi connectivity index (χ0n) is 23.6. The van der Waals surface area contributed by atoms with Gasteiger partial charge in [0.25, 0.3) is 0 Å². The number of likely N-dealkylation sites (tertiary alicyclic amines) is 1. The number of halogens is 3. The van der Waals surface area contributed by atoms with Gasteiger partial charge in [-0.25, -0.2) is 13.2 Å². The van der Waals surface area contributed by atoms with E-state index in [0.29, 0.717) is 31.9 Å². The fourth-order valence-corrected chi connectivity index (χ4v) is 5.80. The molecule has 1 saturated heterocycles. The van der Waals surface area contributed by atoms with Gasteiger partial charge >= 0.3 is 12.1 Å². The molecule has 236 valence electrons. The lowest BCUT2D eigenvalue weighted by molar-refractivity contribution is -0.192. The molecule has 1 amide bonds. The van der Waals surface area contributed by atoms with E-state index in [0.717, 1.165) is 27.5 Å². The molecule has 0 bridgehead atoms. The molecule has 0 aromatic heterocycles. The predicted octanol–water partition coefficient (Wildman–Crippen LogP) is 4.42. The molecule has 0 spiro atoms. The number of carbonyl (C=O) groups is 2. The number of aliphatic carboxylic acids is 1. The molecule has 5 rings (SSSR count). The first-order valence-corrected chi connectivity index (χ1v) is 15.0. The number of fused-ring (bicyclic) bond motifs is 1. The van der Waals surface area contributed by atoms with Gasteiger partial charge in [0, 0.05) is 13.1 Å².